The van der Waals surface area contributed by atoms with Crippen LogP contribution in [0.3, 0.4) is 0 Å². The van der Waals surface area contributed by atoms with Crippen LogP contribution in [0.15, 0.2) is 30.5 Å². The Morgan fingerprint density at radius 2 is 2.00 bits per heavy atom. The number of ether oxygens (including phenoxy) is 1. The highest BCUT2D eigenvalue weighted by atomic mass is 35.5. The van der Waals surface area contributed by atoms with Crippen molar-refractivity contribution in [1.29, 1.82) is 0 Å². The standard InChI is InChI=1S/C16H17ClN2O/c1-10(20-2)15-13(12-5-3-4-6-14(12)17)9-18-16(19-15)11-7-8-11/h3-6,9-11H,7-8H2,1-2H3. The Labute approximate surface area is 124 Å². The molecular weight excluding hydrogens is 272 g/mol. The summed E-state index contributed by atoms with van der Waals surface area (Å²) in [6.07, 6.45) is 4.17. The Bertz CT molecular complexity index is 626. The molecule has 2 aromatic rings. The molecule has 1 aromatic carbocycles. The van der Waals surface area contributed by atoms with Gasteiger partial charge in [0.1, 0.15) is 5.82 Å². The lowest BCUT2D eigenvalue weighted by molar-refractivity contribution is 0.116. The number of nitrogens with zero attached hydrogens (tertiary/aromatic N) is 2. The number of hydrogen-bond donors (Lipinski definition) is 0. The third kappa shape index (κ3) is 2.56. The van der Waals surface area contributed by atoms with Crippen molar-refractivity contribution in [3.63, 3.8) is 0 Å². The number of hydrogen-bond acceptors (Lipinski definition) is 3. The van der Waals surface area contributed by atoms with Crippen molar-refractivity contribution >= 4 is 11.6 Å². The zero-order valence-corrected chi connectivity index (χ0v) is 12.4. The molecule has 20 heavy (non-hydrogen) atoms. The molecule has 1 aromatic heterocycles. The lowest BCUT2D eigenvalue weighted by Gasteiger charge is -2.16. The summed E-state index contributed by atoms with van der Waals surface area (Å²) in [4.78, 5) is 9.24. The molecule has 0 amide bonds. The summed E-state index contributed by atoms with van der Waals surface area (Å²) in [6.45, 7) is 2.00. The maximum absolute atomic E-state index is 6.30. The molecule has 0 N–H and O–H groups in total. The number of methoxy groups -OCH3 is 1. The smallest absolute Gasteiger partial charge is 0.131 e. The second kappa shape index (κ2) is 5.51. The van der Waals surface area contributed by atoms with E-state index in [0.717, 1.165) is 22.6 Å². The molecule has 1 aliphatic rings. The molecule has 0 saturated heterocycles. The lowest BCUT2D eigenvalue weighted by Crippen LogP contribution is -2.06. The van der Waals surface area contributed by atoms with Gasteiger partial charge >= 0.3 is 0 Å². The van der Waals surface area contributed by atoms with E-state index in [1.165, 1.54) is 12.8 Å². The van der Waals surface area contributed by atoms with E-state index < -0.39 is 0 Å². The van der Waals surface area contributed by atoms with Crippen LogP contribution in [0, 0.1) is 0 Å². The van der Waals surface area contributed by atoms with E-state index in [-0.39, 0.29) is 6.10 Å². The fraction of sp³-hybridized carbons (Fsp3) is 0.375. The van der Waals surface area contributed by atoms with Gasteiger partial charge in [-0.2, -0.15) is 0 Å². The number of halogens is 1. The molecule has 0 aliphatic heterocycles. The Balaban J connectivity index is 2.11. The fourth-order valence-electron chi connectivity index (χ4n) is 2.26. The highest BCUT2D eigenvalue weighted by molar-refractivity contribution is 6.33. The Hall–Kier alpha value is -1.45. The van der Waals surface area contributed by atoms with Gasteiger partial charge in [0.25, 0.3) is 0 Å². The molecule has 104 valence electrons. The van der Waals surface area contributed by atoms with Crippen LogP contribution in [0.1, 0.15) is 43.3 Å². The number of benzene rings is 1. The summed E-state index contributed by atoms with van der Waals surface area (Å²) in [7, 11) is 1.69. The molecule has 1 atom stereocenters. The van der Waals surface area contributed by atoms with Gasteiger partial charge in [0.15, 0.2) is 0 Å². The van der Waals surface area contributed by atoms with Gasteiger partial charge < -0.3 is 4.74 Å². The van der Waals surface area contributed by atoms with Crippen LogP contribution in [-0.4, -0.2) is 17.1 Å². The van der Waals surface area contributed by atoms with Crippen LogP contribution in [0.4, 0.5) is 0 Å². The summed E-state index contributed by atoms with van der Waals surface area (Å²) in [5.41, 5.74) is 2.82. The van der Waals surface area contributed by atoms with Gasteiger partial charge in [0, 0.05) is 35.4 Å². The molecule has 0 spiro atoms. The second-order valence-electron chi connectivity index (χ2n) is 5.16. The average Bonchev–Trinajstić information content (AvgIpc) is 3.31. The Kier molecular flexibility index (Phi) is 3.72. The van der Waals surface area contributed by atoms with E-state index in [2.05, 4.69) is 4.98 Å². The van der Waals surface area contributed by atoms with Crippen molar-refractivity contribution in [3.05, 3.63) is 47.0 Å². The largest absolute Gasteiger partial charge is 0.375 e. The third-order valence-electron chi connectivity index (χ3n) is 3.68. The van der Waals surface area contributed by atoms with Crippen LogP contribution in [0.25, 0.3) is 11.1 Å². The van der Waals surface area contributed by atoms with E-state index in [1.807, 2.05) is 37.4 Å². The lowest BCUT2D eigenvalue weighted by atomic mass is 10.0. The molecule has 1 aliphatic carbocycles. The first-order valence-electron chi connectivity index (χ1n) is 6.85. The van der Waals surface area contributed by atoms with Crippen LogP contribution in [0.5, 0.6) is 0 Å². The summed E-state index contributed by atoms with van der Waals surface area (Å²) < 4.78 is 5.46. The minimum absolute atomic E-state index is 0.0817. The van der Waals surface area contributed by atoms with Crippen LogP contribution < -0.4 is 0 Å². The third-order valence-corrected chi connectivity index (χ3v) is 4.01. The van der Waals surface area contributed by atoms with Crippen molar-refractivity contribution in [1.82, 2.24) is 9.97 Å². The van der Waals surface area contributed by atoms with Crippen molar-refractivity contribution in [2.75, 3.05) is 7.11 Å². The van der Waals surface area contributed by atoms with Gasteiger partial charge in [0.2, 0.25) is 0 Å². The second-order valence-corrected chi connectivity index (χ2v) is 5.57. The normalized spacial score (nSPS) is 16.1. The quantitative estimate of drug-likeness (QED) is 0.837. The molecule has 1 fully saturated rings. The molecular formula is C16H17ClN2O. The van der Waals surface area contributed by atoms with Crippen molar-refractivity contribution < 1.29 is 4.74 Å². The molecule has 3 rings (SSSR count). The van der Waals surface area contributed by atoms with Gasteiger partial charge in [-0.15, -0.1) is 0 Å². The van der Waals surface area contributed by atoms with Crippen molar-refractivity contribution in [2.45, 2.75) is 31.8 Å². The molecule has 1 saturated carbocycles. The van der Waals surface area contributed by atoms with E-state index >= 15 is 0 Å². The Morgan fingerprint density at radius 1 is 1.25 bits per heavy atom. The van der Waals surface area contributed by atoms with Crippen LogP contribution in [-0.2, 0) is 4.74 Å². The first-order valence-corrected chi connectivity index (χ1v) is 7.23. The highest BCUT2D eigenvalue weighted by Gasteiger charge is 2.28. The molecule has 4 heteroatoms. The summed E-state index contributed by atoms with van der Waals surface area (Å²) in [6, 6.07) is 7.76. The van der Waals surface area contributed by atoms with Gasteiger partial charge in [-0.25, -0.2) is 9.97 Å². The number of aromatic nitrogens is 2. The predicted molar refractivity (Wildman–Crippen MR) is 79.9 cm³/mol. The maximum atomic E-state index is 6.30. The van der Waals surface area contributed by atoms with E-state index in [0.29, 0.717) is 10.9 Å². The molecule has 0 radical (unpaired) electrons. The van der Waals surface area contributed by atoms with Crippen LogP contribution in [0.2, 0.25) is 5.02 Å². The van der Waals surface area contributed by atoms with Gasteiger partial charge in [0.05, 0.1) is 11.8 Å². The zero-order valence-electron chi connectivity index (χ0n) is 11.6. The minimum atomic E-state index is -0.0817. The van der Waals surface area contributed by atoms with Gasteiger partial charge in [-0.3, -0.25) is 0 Å². The number of rotatable bonds is 4. The molecule has 0 bridgehead atoms. The molecule has 1 heterocycles. The van der Waals surface area contributed by atoms with E-state index in [4.69, 9.17) is 21.3 Å². The maximum Gasteiger partial charge on any atom is 0.131 e. The van der Waals surface area contributed by atoms with Gasteiger partial charge in [-0.05, 0) is 25.8 Å². The highest BCUT2D eigenvalue weighted by Crippen LogP contribution is 2.40. The topological polar surface area (TPSA) is 35.0 Å². The van der Waals surface area contributed by atoms with Crippen molar-refractivity contribution in [3.8, 4) is 11.1 Å². The van der Waals surface area contributed by atoms with Crippen LogP contribution >= 0.6 is 11.6 Å². The summed E-state index contributed by atoms with van der Waals surface area (Å²) in [5, 5.41) is 0.708. The fourth-order valence-corrected chi connectivity index (χ4v) is 2.49. The summed E-state index contributed by atoms with van der Waals surface area (Å²) in [5.74, 6) is 1.46. The Morgan fingerprint density at radius 3 is 2.65 bits per heavy atom. The zero-order chi connectivity index (χ0) is 14.1. The van der Waals surface area contributed by atoms with Crippen molar-refractivity contribution in [2.24, 2.45) is 0 Å². The first-order chi connectivity index (χ1) is 9.70. The molecule has 1 unspecified atom stereocenters. The molecule has 3 nitrogen and oxygen atoms in total. The van der Waals surface area contributed by atoms with Gasteiger partial charge in [-0.1, -0.05) is 29.8 Å². The monoisotopic (exact) mass is 288 g/mol. The van der Waals surface area contributed by atoms with E-state index in [1.54, 1.807) is 7.11 Å². The van der Waals surface area contributed by atoms with E-state index in [9.17, 15) is 0 Å². The summed E-state index contributed by atoms with van der Waals surface area (Å²) >= 11 is 6.30. The minimum Gasteiger partial charge on any atom is -0.375 e. The average molecular weight is 289 g/mol. The SMILES string of the molecule is COC(C)c1nc(C2CC2)ncc1-c1ccccc1Cl. The predicted octanol–water partition coefficient (Wildman–Crippen LogP) is 4.38. The first kappa shape index (κ1) is 13.5.